The van der Waals surface area contributed by atoms with Crippen LogP contribution in [0.1, 0.15) is 16.7 Å². The number of thiazole rings is 1. The van der Waals surface area contributed by atoms with Crippen molar-refractivity contribution < 1.29 is 5.11 Å². The molecule has 2 aromatic carbocycles. The first-order chi connectivity index (χ1) is 9.74. The van der Waals surface area contributed by atoms with Crippen molar-refractivity contribution in [1.29, 1.82) is 0 Å². The van der Waals surface area contributed by atoms with Crippen molar-refractivity contribution in [2.45, 2.75) is 6.10 Å². The van der Waals surface area contributed by atoms with E-state index in [0.29, 0.717) is 10.0 Å². The van der Waals surface area contributed by atoms with Gasteiger partial charge in [-0.15, -0.1) is 11.3 Å². The molecule has 0 aliphatic rings. The Morgan fingerprint density at radius 1 is 1.00 bits per heavy atom. The van der Waals surface area contributed by atoms with E-state index in [1.54, 1.807) is 0 Å². The largest absolute Gasteiger partial charge is 0.381 e. The molecule has 2 nitrogen and oxygen atoms in total. The zero-order valence-electron chi connectivity index (χ0n) is 10.5. The van der Waals surface area contributed by atoms with Crippen molar-refractivity contribution in [3.63, 3.8) is 0 Å². The molecule has 3 aromatic rings. The van der Waals surface area contributed by atoms with E-state index in [4.69, 9.17) is 11.6 Å². The normalized spacial score (nSPS) is 12.3. The maximum Gasteiger partial charge on any atom is 0.131 e. The SMILES string of the molecule is OC(c1ccccc1)c1nc(-c2ccc(Cl)cc2)cs1. The molecule has 0 fully saturated rings. The topological polar surface area (TPSA) is 33.1 Å². The Morgan fingerprint density at radius 3 is 2.40 bits per heavy atom. The highest BCUT2D eigenvalue weighted by atomic mass is 35.5. The molecule has 1 atom stereocenters. The predicted octanol–water partition coefficient (Wildman–Crippen LogP) is 4.55. The summed E-state index contributed by atoms with van der Waals surface area (Å²) in [4.78, 5) is 4.51. The van der Waals surface area contributed by atoms with Crippen molar-refractivity contribution in [2.24, 2.45) is 0 Å². The van der Waals surface area contributed by atoms with Gasteiger partial charge in [0.2, 0.25) is 0 Å². The van der Waals surface area contributed by atoms with Gasteiger partial charge in [-0.1, -0.05) is 54.1 Å². The molecular weight excluding hydrogens is 290 g/mol. The molecule has 0 saturated carbocycles. The van der Waals surface area contributed by atoms with E-state index in [1.807, 2.05) is 60.0 Å². The molecule has 0 radical (unpaired) electrons. The minimum atomic E-state index is -0.678. The number of hydrogen-bond acceptors (Lipinski definition) is 3. The highest BCUT2D eigenvalue weighted by Gasteiger charge is 2.14. The number of aliphatic hydroxyl groups is 1. The van der Waals surface area contributed by atoms with Crippen LogP contribution in [0.4, 0.5) is 0 Å². The van der Waals surface area contributed by atoms with Gasteiger partial charge in [0.25, 0.3) is 0 Å². The van der Waals surface area contributed by atoms with Gasteiger partial charge in [-0.25, -0.2) is 4.98 Å². The molecular formula is C16H12ClNOS. The summed E-state index contributed by atoms with van der Waals surface area (Å²) in [6.45, 7) is 0. The number of halogens is 1. The lowest BCUT2D eigenvalue weighted by molar-refractivity contribution is 0.220. The first-order valence-electron chi connectivity index (χ1n) is 6.18. The third kappa shape index (κ3) is 2.75. The van der Waals surface area contributed by atoms with Gasteiger partial charge in [0.15, 0.2) is 0 Å². The van der Waals surface area contributed by atoms with Gasteiger partial charge in [0.1, 0.15) is 11.1 Å². The van der Waals surface area contributed by atoms with Crippen molar-refractivity contribution in [3.8, 4) is 11.3 Å². The Morgan fingerprint density at radius 2 is 1.70 bits per heavy atom. The molecule has 1 heterocycles. The van der Waals surface area contributed by atoms with Gasteiger partial charge >= 0.3 is 0 Å². The second-order valence-electron chi connectivity index (χ2n) is 4.39. The lowest BCUT2D eigenvalue weighted by Crippen LogP contribution is -1.98. The highest BCUT2D eigenvalue weighted by molar-refractivity contribution is 7.10. The molecule has 1 aromatic heterocycles. The van der Waals surface area contributed by atoms with Gasteiger partial charge in [-0.05, 0) is 17.7 Å². The van der Waals surface area contributed by atoms with Crippen molar-refractivity contribution >= 4 is 22.9 Å². The molecule has 0 aliphatic carbocycles. The van der Waals surface area contributed by atoms with Crippen LogP contribution in [0.3, 0.4) is 0 Å². The summed E-state index contributed by atoms with van der Waals surface area (Å²) in [7, 11) is 0. The van der Waals surface area contributed by atoms with Gasteiger partial charge in [-0.3, -0.25) is 0 Å². The molecule has 1 N–H and O–H groups in total. The first-order valence-corrected chi connectivity index (χ1v) is 7.44. The van der Waals surface area contributed by atoms with E-state index in [1.165, 1.54) is 11.3 Å². The molecule has 4 heteroatoms. The smallest absolute Gasteiger partial charge is 0.131 e. The van der Waals surface area contributed by atoms with Crippen molar-refractivity contribution in [2.75, 3.05) is 0 Å². The standard InChI is InChI=1S/C16H12ClNOS/c17-13-8-6-11(7-9-13)14-10-20-16(18-14)15(19)12-4-2-1-3-5-12/h1-10,15,19H. The average Bonchev–Trinajstić information content (AvgIpc) is 2.98. The Labute approximate surface area is 126 Å². The molecule has 0 bridgehead atoms. The van der Waals surface area contributed by atoms with Gasteiger partial charge in [0, 0.05) is 16.0 Å². The molecule has 0 aliphatic heterocycles. The Kier molecular flexibility index (Phi) is 3.83. The van der Waals surface area contributed by atoms with E-state index in [0.717, 1.165) is 16.8 Å². The summed E-state index contributed by atoms with van der Waals surface area (Å²) < 4.78 is 0. The first kappa shape index (κ1) is 13.3. The van der Waals surface area contributed by atoms with Crippen LogP contribution >= 0.6 is 22.9 Å². The number of aliphatic hydroxyl groups excluding tert-OH is 1. The van der Waals surface area contributed by atoms with E-state index in [2.05, 4.69) is 4.98 Å². The summed E-state index contributed by atoms with van der Waals surface area (Å²) in [5.41, 5.74) is 2.71. The van der Waals surface area contributed by atoms with Crippen LogP contribution < -0.4 is 0 Å². The lowest BCUT2D eigenvalue weighted by Gasteiger charge is -2.06. The third-order valence-corrected chi connectivity index (χ3v) is 4.16. The van der Waals surface area contributed by atoms with Gasteiger partial charge in [-0.2, -0.15) is 0 Å². The number of rotatable bonds is 3. The van der Waals surface area contributed by atoms with Crippen LogP contribution in [0, 0.1) is 0 Å². The number of benzene rings is 2. The summed E-state index contributed by atoms with van der Waals surface area (Å²) in [6, 6.07) is 17.1. The summed E-state index contributed by atoms with van der Waals surface area (Å²) in [6.07, 6.45) is -0.678. The second-order valence-corrected chi connectivity index (χ2v) is 5.72. The Hall–Kier alpha value is -1.68. The van der Waals surface area contributed by atoms with Crippen LogP contribution in [0.5, 0.6) is 0 Å². The quantitative estimate of drug-likeness (QED) is 0.770. The number of nitrogens with zero attached hydrogens (tertiary/aromatic N) is 1. The Bertz CT molecular complexity index is 694. The lowest BCUT2D eigenvalue weighted by atomic mass is 10.1. The van der Waals surface area contributed by atoms with Gasteiger partial charge in [0.05, 0.1) is 5.69 Å². The molecule has 100 valence electrons. The average molecular weight is 302 g/mol. The molecule has 0 amide bonds. The van der Waals surface area contributed by atoms with E-state index >= 15 is 0 Å². The maximum atomic E-state index is 10.3. The molecule has 0 saturated heterocycles. The van der Waals surface area contributed by atoms with E-state index in [-0.39, 0.29) is 0 Å². The zero-order chi connectivity index (χ0) is 13.9. The van der Waals surface area contributed by atoms with Crippen LogP contribution in [0.2, 0.25) is 5.02 Å². The summed E-state index contributed by atoms with van der Waals surface area (Å²) in [5, 5.41) is 13.7. The fourth-order valence-electron chi connectivity index (χ4n) is 1.94. The van der Waals surface area contributed by atoms with E-state index in [9.17, 15) is 5.11 Å². The summed E-state index contributed by atoms with van der Waals surface area (Å²) >= 11 is 7.33. The van der Waals surface area contributed by atoms with Crippen LogP contribution in [-0.2, 0) is 0 Å². The van der Waals surface area contributed by atoms with E-state index < -0.39 is 6.10 Å². The van der Waals surface area contributed by atoms with Crippen molar-refractivity contribution in [1.82, 2.24) is 4.98 Å². The molecule has 20 heavy (non-hydrogen) atoms. The molecule has 0 spiro atoms. The second kappa shape index (κ2) is 5.75. The Balaban J connectivity index is 1.89. The fraction of sp³-hybridized carbons (Fsp3) is 0.0625. The predicted molar refractivity (Wildman–Crippen MR) is 83.1 cm³/mol. The van der Waals surface area contributed by atoms with Crippen LogP contribution in [0.25, 0.3) is 11.3 Å². The van der Waals surface area contributed by atoms with Crippen LogP contribution in [0.15, 0.2) is 60.0 Å². The van der Waals surface area contributed by atoms with Gasteiger partial charge < -0.3 is 5.11 Å². The molecule has 1 unspecified atom stereocenters. The number of hydrogen-bond donors (Lipinski definition) is 1. The minimum absolute atomic E-state index is 0.678. The molecule has 3 rings (SSSR count). The monoisotopic (exact) mass is 301 g/mol. The summed E-state index contributed by atoms with van der Waals surface area (Å²) in [5.74, 6) is 0. The third-order valence-electron chi connectivity index (χ3n) is 3.01. The highest BCUT2D eigenvalue weighted by Crippen LogP contribution is 2.29. The fourth-order valence-corrected chi connectivity index (χ4v) is 2.91. The van der Waals surface area contributed by atoms with Crippen LogP contribution in [-0.4, -0.2) is 10.1 Å². The maximum absolute atomic E-state index is 10.3. The number of aromatic nitrogens is 1. The zero-order valence-corrected chi connectivity index (χ0v) is 12.1. The van der Waals surface area contributed by atoms with Crippen molar-refractivity contribution in [3.05, 3.63) is 75.6 Å². The minimum Gasteiger partial charge on any atom is -0.381 e.